The molecular weight excluding hydrogens is 247 g/mol. The number of benzene rings is 1. The molecule has 0 saturated heterocycles. The Morgan fingerprint density at radius 3 is 2.94 bits per heavy atom. The van der Waals surface area contributed by atoms with Crippen LogP contribution in [0.5, 0.6) is 0 Å². The van der Waals surface area contributed by atoms with Gasteiger partial charge in [-0.15, -0.1) is 11.3 Å². The molecular formula is C14H13FN2S. The molecule has 1 aromatic carbocycles. The normalized spacial score (nSPS) is 11.3. The van der Waals surface area contributed by atoms with Gasteiger partial charge in [-0.3, -0.25) is 4.40 Å². The monoisotopic (exact) mass is 260 g/mol. The molecule has 18 heavy (non-hydrogen) atoms. The number of hydrogen-bond donors (Lipinski definition) is 0. The third kappa shape index (κ3) is 1.64. The van der Waals surface area contributed by atoms with E-state index in [4.69, 9.17) is 0 Å². The number of aryl methyl sites for hydroxylation is 2. The molecule has 2 heterocycles. The fourth-order valence-corrected chi connectivity index (χ4v) is 3.20. The average Bonchev–Trinajstić information content (AvgIpc) is 2.92. The van der Waals surface area contributed by atoms with Crippen molar-refractivity contribution >= 4 is 16.3 Å². The van der Waals surface area contributed by atoms with E-state index in [-0.39, 0.29) is 5.82 Å². The van der Waals surface area contributed by atoms with Crippen LogP contribution in [-0.2, 0) is 6.42 Å². The number of fused-ring (bicyclic) bond motifs is 1. The smallest absolute Gasteiger partial charge is 0.194 e. The van der Waals surface area contributed by atoms with Crippen molar-refractivity contribution in [1.29, 1.82) is 0 Å². The number of thiazole rings is 1. The second kappa shape index (κ2) is 4.21. The van der Waals surface area contributed by atoms with Crippen LogP contribution in [0.25, 0.3) is 16.2 Å². The minimum absolute atomic E-state index is 0.158. The molecule has 0 aliphatic carbocycles. The molecule has 0 atom stereocenters. The first kappa shape index (κ1) is 11.4. The van der Waals surface area contributed by atoms with E-state index in [0.717, 1.165) is 22.6 Å². The highest BCUT2D eigenvalue weighted by Crippen LogP contribution is 2.32. The van der Waals surface area contributed by atoms with Crippen LogP contribution in [0.1, 0.15) is 17.4 Å². The number of imidazole rings is 1. The summed E-state index contributed by atoms with van der Waals surface area (Å²) in [5.41, 5.74) is 2.86. The van der Waals surface area contributed by atoms with Gasteiger partial charge in [0.15, 0.2) is 4.96 Å². The highest BCUT2D eigenvalue weighted by Gasteiger charge is 2.14. The fourth-order valence-electron chi connectivity index (χ4n) is 2.16. The van der Waals surface area contributed by atoms with Gasteiger partial charge in [0.1, 0.15) is 5.82 Å². The molecule has 0 N–H and O–H groups in total. The Bertz CT molecular complexity index is 712. The van der Waals surface area contributed by atoms with E-state index >= 15 is 0 Å². The third-order valence-corrected chi connectivity index (χ3v) is 4.29. The maximum atomic E-state index is 13.4. The van der Waals surface area contributed by atoms with Crippen molar-refractivity contribution in [2.75, 3.05) is 0 Å². The van der Waals surface area contributed by atoms with Gasteiger partial charge in [-0.05, 0) is 37.1 Å². The predicted molar refractivity (Wildman–Crippen MR) is 72.6 cm³/mol. The molecule has 0 aliphatic heterocycles. The number of halogens is 1. The summed E-state index contributed by atoms with van der Waals surface area (Å²) in [4.78, 5) is 6.59. The molecule has 0 unspecified atom stereocenters. The molecule has 0 saturated carbocycles. The number of nitrogens with zero attached hydrogens (tertiary/aromatic N) is 2. The zero-order chi connectivity index (χ0) is 12.7. The second-order valence-corrected chi connectivity index (χ2v) is 5.33. The van der Waals surface area contributed by atoms with Crippen molar-refractivity contribution in [3.05, 3.63) is 46.9 Å². The fraction of sp³-hybridized carbons (Fsp3) is 0.214. The minimum Gasteiger partial charge on any atom is -0.290 e. The summed E-state index contributed by atoms with van der Waals surface area (Å²) in [7, 11) is 0. The van der Waals surface area contributed by atoms with E-state index in [1.54, 1.807) is 24.5 Å². The highest BCUT2D eigenvalue weighted by molar-refractivity contribution is 7.17. The van der Waals surface area contributed by atoms with Gasteiger partial charge in [0.2, 0.25) is 0 Å². The second-order valence-electron chi connectivity index (χ2n) is 4.27. The Hall–Kier alpha value is -1.68. The van der Waals surface area contributed by atoms with Crippen molar-refractivity contribution in [3.8, 4) is 11.3 Å². The van der Waals surface area contributed by atoms with Crippen LogP contribution in [0.2, 0.25) is 0 Å². The van der Waals surface area contributed by atoms with Crippen LogP contribution >= 0.6 is 11.3 Å². The molecule has 0 amide bonds. The van der Waals surface area contributed by atoms with Crippen LogP contribution in [-0.4, -0.2) is 9.38 Å². The maximum absolute atomic E-state index is 13.4. The van der Waals surface area contributed by atoms with E-state index in [2.05, 4.69) is 16.3 Å². The van der Waals surface area contributed by atoms with E-state index in [1.807, 2.05) is 18.3 Å². The molecule has 4 heteroatoms. The largest absolute Gasteiger partial charge is 0.290 e. The SMILES string of the molecule is CCc1sc2nccn2c1-c1ccc(F)c(C)c1. The standard InChI is InChI=1S/C14H13FN2S/c1-3-12-13(17-7-6-16-14(17)18-12)10-4-5-11(15)9(2)8-10/h4-8H,3H2,1-2H3. The lowest BCUT2D eigenvalue weighted by Gasteiger charge is -2.05. The molecule has 0 bridgehead atoms. The molecule has 3 rings (SSSR count). The first-order valence-electron chi connectivity index (χ1n) is 5.92. The van der Waals surface area contributed by atoms with Crippen LogP contribution < -0.4 is 0 Å². The Kier molecular flexibility index (Phi) is 2.67. The van der Waals surface area contributed by atoms with E-state index in [0.29, 0.717) is 5.56 Å². The zero-order valence-corrected chi connectivity index (χ0v) is 11.1. The van der Waals surface area contributed by atoms with Crippen LogP contribution in [0, 0.1) is 12.7 Å². The van der Waals surface area contributed by atoms with Crippen molar-refractivity contribution in [1.82, 2.24) is 9.38 Å². The van der Waals surface area contributed by atoms with E-state index in [9.17, 15) is 4.39 Å². The third-order valence-electron chi connectivity index (χ3n) is 3.08. The van der Waals surface area contributed by atoms with Crippen molar-refractivity contribution < 1.29 is 4.39 Å². The van der Waals surface area contributed by atoms with Gasteiger partial charge in [0.25, 0.3) is 0 Å². The van der Waals surface area contributed by atoms with Gasteiger partial charge >= 0.3 is 0 Å². The summed E-state index contributed by atoms with van der Waals surface area (Å²) >= 11 is 1.69. The van der Waals surface area contributed by atoms with Gasteiger partial charge < -0.3 is 0 Å². The highest BCUT2D eigenvalue weighted by atomic mass is 32.1. The maximum Gasteiger partial charge on any atom is 0.194 e. The quantitative estimate of drug-likeness (QED) is 0.679. The van der Waals surface area contributed by atoms with Gasteiger partial charge in [-0.1, -0.05) is 6.92 Å². The summed E-state index contributed by atoms with van der Waals surface area (Å²) < 4.78 is 15.4. The molecule has 3 aromatic rings. The van der Waals surface area contributed by atoms with Gasteiger partial charge in [-0.25, -0.2) is 9.37 Å². The summed E-state index contributed by atoms with van der Waals surface area (Å²) in [6.45, 7) is 3.92. The molecule has 2 nitrogen and oxygen atoms in total. The van der Waals surface area contributed by atoms with Crippen molar-refractivity contribution in [2.24, 2.45) is 0 Å². The Labute approximate surface area is 109 Å². The first-order chi connectivity index (χ1) is 8.70. The lowest BCUT2D eigenvalue weighted by molar-refractivity contribution is 0.618. The number of aromatic nitrogens is 2. The molecule has 0 radical (unpaired) electrons. The zero-order valence-electron chi connectivity index (χ0n) is 10.3. The van der Waals surface area contributed by atoms with Gasteiger partial charge in [0, 0.05) is 22.8 Å². The molecule has 92 valence electrons. The van der Waals surface area contributed by atoms with E-state index in [1.165, 1.54) is 10.9 Å². The van der Waals surface area contributed by atoms with Crippen molar-refractivity contribution in [3.63, 3.8) is 0 Å². The number of hydrogen-bond acceptors (Lipinski definition) is 2. The topological polar surface area (TPSA) is 17.3 Å². The molecule has 0 aliphatic rings. The molecule has 2 aromatic heterocycles. The summed E-state index contributed by atoms with van der Waals surface area (Å²) in [5.74, 6) is -0.158. The average molecular weight is 260 g/mol. The Morgan fingerprint density at radius 1 is 1.39 bits per heavy atom. The summed E-state index contributed by atoms with van der Waals surface area (Å²) in [5, 5.41) is 0. The Morgan fingerprint density at radius 2 is 2.22 bits per heavy atom. The molecule has 0 spiro atoms. The lowest BCUT2D eigenvalue weighted by Crippen LogP contribution is -1.90. The van der Waals surface area contributed by atoms with Gasteiger partial charge in [-0.2, -0.15) is 0 Å². The predicted octanol–water partition coefficient (Wildman–Crippen LogP) is 4.07. The summed E-state index contributed by atoms with van der Waals surface area (Å²) in [6, 6.07) is 5.27. The van der Waals surface area contributed by atoms with Crippen LogP contribution in [0.4, 0.5) is 4.39 Å². The Balaban J connectivity index is 2.28. The van der Waals surface area contributed by atoms with Crippen LogP contribution in [0.15, 0.2) is 30.6 Å². The minimum atomic E-state index is -0.158. The lowest BCUT2D eigenvalue weighted by atomic mass is 10.1. The first-order valence-corrected chi connectivity index (χ1v) is 6.73. The van der Waals surface area contributed by atoms with Crippen molar-refractivity contribution in [2.45, 2.75) is 20.3 Å². The summed E-state index contributed by atoms with van der Waals surface area (Å²) in [6.07, 6.45) is 4.71. The number of rotatable bonds is 2. The molecule has 0 fully saturated rings. The van der Waals surface area contributed by atoms with Crippen LogP contribution in [0.3, 0.4) is 0 Å². The van der Waals surface area contributed by atoms with E-state index < -0.39 is 0 Å². The van der Waals surface area contributed by atoms with Gasteiger partial charge in [0.05, 0.1) is 5.69 Å².